The molecule has 0 amide bonds. The summed E-state index contributed by atoms with van der Waals surface area (Å²) in [5, 5.41) is 4.16. The maximum absolute atomic E-state index is 12.1. The molecule has 20 heavy (non-hydrogen) atoms. The van der Waals surface area contributed by atoms with E-state index in [1.807, 2.05) is 24.4 Å². The maximum Gasteiger partial charge on any atom is 0.242 e. The minimum Gasteiger partial charge on any atom is -0.263 e. The fourth-order valence-electron chi connectivity index (χ4n) is 1.89. The molecule has 1 N–H and O–H groups in total. The predicted molar refractivity (Wildman–Crippen MR) is 73.5 cm³/mol. The second-order valence-corrected chi connectivity index (χ2v) is 5.98. The lowest BCUT2D eigenvalue weighted by molar-refractivity contribution is 0.581. The van der Waals surface area contributed by atoms with Crippen molar-refractivity contribution in [3.63, 3.8) is 0 Å². The number of nitrogens with one attached hydrogen (secondary N) is 1. The van der Waals surface area contributed by atoms with Crippen LogP contribution < -0.4 is 4.72 Å². The smallest absolute Gasteiger partial charge is 0.242 e. The summed E-state index contributed by atoms with van der Waals surface area (Å²) in [6, 6.07) is 8.73. The fraction of sp³-hybridized carbons (Fsp3) is 0.0769. The number of sulfonamides is 1. The lowest BCUT2D eigenvalue weighted by Crippen LogP contribution is -2.23. The minimum atomic E-state index is -3.55. The Bertz CT molecular complexity index is 828. The van der Waals surface area contributed by atoms with E-state index in [4.69, 9.17) is 0 Å². The van der Waals surface area contributed by atoms with Crippen LogP contribution in [0, 0.1) is 0 Å². The van der Waals surface area contributed by atoms with Gasteiger partial charge in [-0.1, -0.05) is 6.07 Å². The lowest BCUT2D eigenvalue weighted by Gasteiger charge is -2.05. The van der Waals surface area contributed by atoms with Crippen LogP contribution in [0.25, 0.3) is 5.52 Å². The molecule has 0 fully saturated rings. The monoisotopic (exact) mass is 288 g/mol. The Balaban J connectivity index is 1.83. The maximum atomic E-state index is 12.1. The molecule has 6 nitrogen and oxygen atoms in total. The Labute approximate surface area is 116 Å². The molecule has 3 rings (SSSR count). The van der Waals surface area contributed by atoms with Crippen LogP contribution in [0.4, 0.5) is 0 Å². The van der Waals surface area contributed by atoms with E-state index >= 15 is 0 Å². The Morgan fingerprint density at radius 2 is 2.05 bits per heavy atom. The third-order valence-electron chi connectivity index (χ3n) is 2.90. The number of hydrogen-bond acceptors (Lipinski definition) is 4. The molecule has 0 saturated heterocycles. The first kappa shape index (κ1) is 12.8. The first-order chi connectivity index (χ1) is 9.67. The summed E-state index contributed by atoms with van der Waals surface area (Å²) in [4.78, 5) is 3.96. The molecule has 3 aromatic heterocycles. The highest BCUT2D eigenvalue weighted by Crippen LogP contribution is 2.11. The largest absolute Gasteiger partial charge is 0.263 e. The third-order valence-corrected chi connectivity index (χ3v) is 4.29. The van der Waals surface area contributed by atoms with Gasteiger partial charge in [0.1, 0.15) is 4.90 Å². The zero-order valence-corrected chi connectivity index (χ0v) is 11.3. The summed E-state index contributed by atoms with van der Waals surface area (Å²) in [6.45, 7) is 0.185. The van der Waals surface area contributed by atoms with E-state index in [-0.39, 0.29) is 11.4 Å². The van der Waals surface area contributed by atoms with E-state index in [9.17, 15) is 8.42 Å². The highest BCUT2D eigenvalue weighted by molar-refractivity contribution is 7.89. The first-order valence-corrected chi connectivity index (χ1v) is 7.46. The topological polar surface area (TPSA) is 76.4 Å². The highest BCUT2D eigenvalue weighted by atomic mass is 32.2. The Hall–Kier alpha value is -2.25. The number of nitrogens with zero attached hydrogens (tertiary/aromatic N) is 3. The Morgan fingerprint density at radius 3 is 2.85 bits per heavy atom. The second-order valence-electron chi connectivity index (χ2n) is 4.21. The third kappa shape index (κ3) is 2.40. The van der Waals surface area contributed by atoms with Crippen molar-refractivity contribution in [1.29, 1.82) is 0 Å². The van der Waals surface area contributed by atoms with E-state index in [1.165, 1.54) is 18.5 Å². The summed E-state index contributed by atoms with van der Waals surface area (Å²) in [7, 11) is -3.55. The SMILES string of the molecule is O=S(=O)(NCc1cnn2ccccc12)c1cccnc1. The van der Waals surface area contributed by atoms with Crippen molar-refractivity contribution in [1.82, 2.24) is 19.3 Å². The number of pyridine rings is 2. The van der Waals surface area contributed by atoms with E-state index in [0.29, 0.717) is 0 Å². The number of aromatic nitrogens is 3. The normalized spacial score (nSPS) is 11.8. The fourth-order valence-corrected chi connectivity index (χ4v) is 2.86. The van der Waals surface area contributed by atoms with Crippen molar-refractivity contribution in [3.8, 4) is 0 Å². The van der Waals surface area contributed by atoms with Crippen molar-refractivity contribution < 1.29 is 8.42 Å². The van der Waals surface area contributed by atoms with Gasteiger partial charge in [-0.15, -0.1) is 0 Å². The predicted octanol–water partition coefficient (Wildman–Crippen LogP) is 1.21. The molecular formula is C13H12N4O2S. The number of rotatable bonds is 4. The minimum absolute atomic E-state index is 0.150. The van der Waals surface area contributed by atoms with Gasteiger partial charge in [-0.3, -0.25) is 4.98 Å². The molecule has 0 saturated carbocycles. The van der Waals surface area contributed by atoms with Crippen molar-refractivity contribution in [2.45, 2.75) is 11.4 Å². The lowest BCUT2D eigenvalue weighted by atomic mass is 10.3. The summed E-state index contributed by atoms with van der Waals surface area (Å²) in [5.74, 6) is 0. The molecule has 0 aliphatic heterocycles. The molecule has 102 valence electrons. The quantitative estimate of drug-likeness (QED) is 0.783. The van der Waals surface area contributed by atoms with Crippen LogP contribution >= 0.6 is 0 Å². The van der Waals surface area contributed by atoms with Gasteiger partial charge in [0.15, 0.2) is 0 Å². The summed E-state index contributed by atoms with van der Waals surface area (Å²) in [6.07, 6.45) is 6.32. The van der Waals surface area contributed by atoms with E-state index in [0.717, 1.165) is 11.1 Å². The van der Waals surface area contributed by atoms with Crippen LogP contribution in [0.15, 0.2) is 60.0 Å². The molecule has 0 radical (unpaired) electrons. The van der Waals surface area contributed by atoms with Crippen LogP contribution in [-0.2, 0) is 16.6 Å². The van der Waals surface area contributed by atoms with Gasteiger partial charge in [-0.2, -0.15) is 5.10 Å². The van der Waals surface area contributed by atoms with Gasteiger partial charge in [0.25, 0.3) is 0 Å². The van der Waals surface area contributed by atoms with Crippen LogP contribution in [0.3, 0.4) is 0 Å². The van der Waals surface area contributed by atoms with E-state index in [2.05, 4.69) is 14.8 Å². The van der Waals surface area contributed by atoms with Gasteiger partial charge in [-0.25, -0.2) is 17.7 Å². The van der Waals surface area contributed by atoms with Gasteiger partial charge >= 0.3 is 0 Å². The highest BCUT2D eigenvalue weighted by Gasteiger charge is 2.14. The molecular weight excluding hydrogens is 276 g/mol. The van der Waals surface area contributed by atoms with Gasteiger partial charge in [0, 0.05) is 30.7 Å². The molecule has 0 aromatic carbocycles. The van der Waals surface area contributed by atoms with Crippen LogP contribution in [0.1, 0.15) is 5.56 Å². The van der Waals surface area contributed by atoms with E-state index < -0.39 is 10.0 Å². The summed E-state index contributed by atoms with van der Waals surface area (Å²) in [5.41, 5.74) is 1.69. The van der Waals surface area contributed by atoms with Crippen LogP contribution in [0.5, 0.6) is 0 Å². The average molecular weight is 288 g/mol. The van der Waals surface area contributed by atoms with E-state index in [1.54, 1.807) is 16.8 Å². The molecule has 0 aliphatic rings. The van der Waals surface area contributed by atoms with Gasteiger partial charge < -0.3 is 0 Å². The molecule has 0 atom stereocenters. The van der Waals surface area contributed by atoms with Crippen molar-refractivity contribution in [2.75, 3.05) is 0 Å². The summed E-state index contributed by atoms with van der Waals surface area (Å²) < 4.78 is 28.4. The van der Waals surface area contributed by atoms with Crippen LogP contribution in [-0.4, -0.2) is 23.0 Å². The molecule has 3 aromatic rings. The molecule has 7 heteroatoms. The van der Waals surface area contributed by atoms with Crippen LogP contribution in [0.2, 0.25) is 0 Å². The Kier molecular flexibility index (Phi) is 3.21. The van der Waals surface area contributed by atoms with Crippen molar-refractivity contribution in [2.24, 2.45) is 0 Å². The number of hydrogen-bond donors (Lipinski definition) is 1. The molecule has 0 aliphatic carbocycles. The Morgan fingerprint density at radius 1 is 1.15 bits per heavy atom. The van der Waals surface area contributed by atoms with Crippen molar-refractivity contribution >= 4 is 15.5 Å². The molecule has 0 bridgehead atoms. The number of fused-ring (bicyclic) bond motifs is 1. The molecule has 3 heterocycles. The second kappa shape index (κ2) is 5.03. The molecule has 0 unspecified atom stereocenters. The molecule has 0 spiro atoms. The first-order valence-electron chi connectivity index (χ1n) is 5.98. The van der Waals surface area contributed by atoms with Gasteiger partial charge in [-0.05, 0) is 24.3 Å². The standard InChI is InChI=1S/C13H12N4O2S/c18-20(19,12-4-3-6-14-10-12)16-9-11-8-15-17-7-2-1-5-13(11)17/h1-8,10,16H,9H2. The van der Waals surface area contributed by atoms with Gasteiger partial charge in [0.2, 0.25) is 10.0 Å². The zero-order valence-electron chi connectivity index (χ0n) is 10.5. The van der Waals surface area contributed by atoms with Crippen molar-refractivity contribution in [3.05, 3.63) is 60.7 Å². The van der Waals surface area contributed by atoms with Gasteiger partial charge in [0.05, 0.1) is 11.7 Å². The average Bonchev–Trinajstić information content (AvgIpc) is 2.89. The zero-order chi connectivity index (χ0) is 14.0. The summed E-state index contributed by atoms with van der Waals surface area (Å²) >= 11 is 0.